The third-order valence-electron chi connectivity index (χ3n) is 3.48. The lowest BCUT2D eigenvalue weighted by atomic mass is 9.88. The van der Waals surface area contributed by atoms with E-state index in [1.807, 2.05) is 0 Å². The Labute approximate surface area is 78.9 Å². The highest BCUT2D eigenvalue weighted by atomic mass is 32.2. The van der Waals surface area contributed by atoms with Crippen LogP contribution in [0.5, 0.6) is 0 Å². The van der Waals surface area contributed by atoms with Gasteiger partial charge in [-0.05, 0) is 32.1 Å². The molecule has 0 bridgehead atoms. The Morgan fingerprint density at radius 2 is 2.42 bits per heavy atom. The summed E-state index contributed by atoms with van der Waals surface area (Å²) < 4.78 is 0. The van der Waals surface area contributed by atoms with Crippen molar-refractivity contribution in [3.8, 4) is 0 Å². The second kappa shape index (κ2) is 3.20. The summed E-state index contributed by atoms with van der Waals surface area (Å²) in [6, 6.07) is 0.426. The number of thioether (sulfide) groups is 1. The van der Waals surface area contributed by atoms with Crippen LogP contribution < -0.4 is 5.73 Å². The van der Waals surface area contributed by atoms with Crippen molar-refractivity contribution in [2.75, 3.05) is 25.1 Å². The van der Waals surface area contributed by atoms with Gasteiger partial charge in [-0.1, -0.05) is 0 Å². The number of hydrogen-bond acceptors (Lipinski definition) is 3. The molecule has 2 N–H and O–H groups in total. The Morgan fingerprint density at radius 3 is 2.92 bits per heavy atom. The van der Waals surface area contributed by atoms with Crippen LogP contribution in [0.25, 0.3) is 0 Å². The van der Waals surface area contributed by atoms with Crippen molar-refractivity contribution in [1.82, 2.24) is 4.90 Å². The summed E-state index contributed by atoms with van der Waals surface area (Å²) in [5.41, 5.74) is 6.54. The van der Waals surface area contributed by atoms with Crippen molar-refractivity contribution in [2.45, 2.75) is 30.8 Å². The predicted octanol–water partition coefficient (Wildman–Crippen LogP) is 0.915. The quantitative estimate of drug-likeness (QED) is 0.610. The topological polar surface area (TPSA) is 29.3 Å². The van der Waals surface area contributed by atoms with Crippen LogP contribution in [0.1, 0.15) is 19.3 Å². The van der Waals surface area contributed by atoms with Crippen molar-refractivity contribution in [1.29, 1.82) is 0 Å². The third kappa shape index (κ3) is 1.19. The van der Waals surface area contributed by atoms with Gasteiger partial charge in [0.25, 0.3) is 0 Å². The second-order valence-corrected chi connectivity index (χ2v) is 5.18. The summed E-state index contributed by atoms with van der Waals surface area (Å²) in [7, 11) is 2.23. The summed E-state index contributed by atoms with van der Waals surface area (Å²) in [6.45, 7) is 1.20. The van der Waals surface area contributed by atoms with E-state index in [1.165, 1.54) is 37.3 Å². The molecular formula is C9H18N2S. The van der Waals surface area contributed by atoms with Gasteiger partial charge >= 0.3 is 0 Å². The summed E-state index contributed by atoms with van der Waals surface area (Å²) >= 11 is 2.08. The summed E-state index contributed by atoms with van der Waals surface area (Å²) in [5, 5.41) is 0. The molecule has 2 aliphatic heterocycles. The highest BCUT2D eigenvalue weighted by Crippen LogP contribution is 2.38. The molecule has 0 radical (unpaired) electrons. The molecule has 0 aromatic carbocycles. The average molecular weight is 186 g/mol. The van der Waals surface area contributed by atoms with Crippen LogP contribution in [0.4, 0.5) is 0 Å². The van der Waals surface area contributed by atoms with Gasteiger partial charge in [0.1, 0.15) is 0 Å². The minimum absolute atomic E-state index is 0.364. The van der Waals surface area contributed by atoms with E-state index in [2.05, 4.69) is 23.7 Å². The average Bonchev–Trinajstić information content (AvgIpc) is 2.36. The molecule has 0 amide bonds. The van der Waals surface area contributed by atoms with Gasteiger partial charge in [0.15, 0.2) is 0 Å². The van der Waals surface area contributed by atoms with Gasteiger partial charge < -0.3 is 5.73 Å². The molecule has 2 rings (SSSR count). The number of rotatable bonds is 0. The molecule has 2 heterocycles. The zero-order valence-corrected chi connectivity index (χ0v) is 8.57. The van der Waals surface area contributed by atoms with Crippen LogP contribution >= 0.6 is 11.8 Å². The van der Waals surface area contributed by atoms with Crippen LogP contribution in [0.2, 0.25) is 0 Å². The van der Waals surface area contributed by atoms with E-state index in [9.17, 15) is 0 Å². The third-order valence-corrected chi connectivity index (χ3v) is 4.76. The van der Waals surface area contributed by atoms with E-state index in [4.69, 9.17) is 5.73 Å². The standard InChI is InChI=1S/C9H18N2S/c1-11-5-3-8(10)9(11)4-2-6-12-7-9/h8H,2-7,10H2,1H3. The molecule has 0 aromatic heterocycles. The lowest BCUT2D eigenvalue weighted by Gasteiger charge is -2.42. The largest absolute Gasteiger partial charge is 0.326 e. The summed E-state index contributed by atoms with van der Waals surface area (Å²) in [6.07, 6.45) is 3.86. The van der Waals surface area contributed by atoms with Gasteiger partial charge in [0.2, 0.25) is 0 Å². The molecule has 12 heavy (non-hydrogen) atoms. The second-order valence-electron chi connectivity index (χ2n) is 4.08. The fraction of sp³-hybridized carbons (Fsp3) is 1.00. The van der Waals surface area contributed by atoms with E-state index in [1.54, 1.807) is 0 Å². The SMILES string of the molecule is CN1CCC(N)C12CCCSC2. The Kier molecular flexibility index (Phi) is 2.36. The first-order chi connectivity index (χ1) is 5.76. The van der Waals surface area contributed by atoms with E-state index < -0.39 is 0 Å². The molecule has 2 aliphatic rings. The Bertz CT molecular complexity index is 154. The van der Waals surface area contributed by atoms with Crippen molar-refractivity contribution in [2.24, 2.45) is 5.73 Å². The van der Waals surface area contributed by atoms with E-state index in [-0.39, 0.29) is 0 Å². The number of nitrogens with zero attached hydrogens (tertiary/aromatic N) is 1. The van der Waals surface area contributed by atoms with E-state index >= 15 is 0 Å². The van der Waals surface area contributed by atoms with Crippen LogP contribution in [-0.4, -0.2) is 41.6 Å². The normalized spacial score (nSPS) is 44.0. The Hall–Kier alpha value is 0.270. The minimum atomic E-state index is 0.364. The van der Waals surface area contributed by atoms with Crippen LogP contribution in [0.15, 0.2) is 0 Å². The van der Waals surface area contributed by atoms with Crippen LogP contribution in [0, 0.1) is 0 Å². The number of hydrogen-bond donors (Lipinski definition) is 1. The van der Waals surface area contributed by atoms with Crippen LogP contribution in [-0.2, 0) is 0 Å². The smallest absolute Gasteiger partial charge is 0.0448 e. The molecule has 2 saturated heterocycles. The molecule has 2 unspecified atom stereocenters. The number of nitrogens with two attached hydrogens (primary N) is 1. The van der Waals surface area contributed by atoms with Crippen molar-refractivity contribution in [3.05, 3.63) is 0 Å². The predicted molar refractivity (Wildman–Crippen MR) is 54.5 cm³/mol. The van der Waals surface area contributed by atoms with Gasteiger partial charge in [-0.3, -0.25) is 4.90 Å². The van der Waals surface area contributed by atoms with Gasteiger partial charge in [0.05, 0.1) is 0 Å². The first-order valence-electron chi connectivity index (χ1n) is 4.80. The molecule has 0 aliphatic carbocycles. The van der Waals surface area contributed by atoms with Crippen molar-refractivity contribution >= 4 is 11.8 Å². The highest BCUT2D eigenvalue weighted by Gasteiger charge is 2.45. The number of likely N-dealkylation sites (N-methyl/N-ethyl adjacent to an activating group) is 1. The zero-order chi connectivity index (χ0) is 8.60. The molecule has 1 spiro atoms. The molecule has 0 aromatic rings. The molecule has 70 valence electrons. The van der Waals surface area contributed by atoms with E-state index in [0.29, 0.717) is 11.6 Å². The van der Waals surface area contributed by atoms with Crippen molar-refractivity contribution in [3.63, 3.8) is 0 Å². The fourth-order valence-corrected chi connectivity index (χ4v) is 3.93. The maximum atomic E-state index is 6.18. The lowest BCUT2D eigenvalue weighted by Crippen LogP contribution is -2.55. The molecule has 2 atom stereocenters. The summed E-state index contributed by atoms with van der Waals surface area (Å²) in [4.78, 5) is 2.49. The van der Waals surface area contributed by atoms with E-state index in [0.717, 1.165) is 0 Å². The van der Waals surface area contributed by atoms with Gasteiger partial charge in [-0.2, -0.15) is 11.8 Å². The van der Waals surface area contributed by atoms with Gasteiger partial charge in [-0.25, -0.2) is 0 Å². The van der Waals surface area contributed by atoms with Crippen molar-refractivity contribution < 1.29 is 0 Å². The Morgan fingerprint density at radius 1 is 1.58 bits per heavy atom. The monoisotopic (exact) mass is 186 g/mol. The zero-order valence-electron chi connectivity index (χ0n) is 7.75. The minimum Gasteiger partial charge on any atom is -0.326 e. The fourth-order valence-electron chi connectivity index (χ4n) is 2.50. The summed E-state index contributed by atoms with van der Waals surface area (Å²) in [5.74, 6) is 2.59. The van der Waals surface area contributed by atoms with Gasteiger partial charge in [-0.15, -0.1) is 0 Å². The van der Waals surface area contributed by atoms with Crippen LogP contribution in [0.3, 0.4) is 0 Å². The molecule has 0 saturated carbocycles. The highest BCUT2D eigenvalue weighted by molar-refractivity contribution is 7.99. The first kappa shape index (κ1) is 8.85. The molecule has 3 heteroatoms. The maximum Gasteiger partial charge on any atom is 0.0448 e. The van der Waals surface area contributed by atoms with Gasteiger partial charge in [0, 0.05) is 23.9 Å². The molecule has 2 nitrogen and oxygen atoms in total. The first-order valence-corrected chi connectivity index (χ1v) is 5.96. The lowest BCUT2D eigenvalue weighted by molar-refractivity contribution is 0.167. The molecular weight excluding hydrogens is 168 g/mol. The number of likely N-dealkylation sites (tertiary alicyclic amines) is 1. The molecule has 2 fully saturated rings. The Balaban J connectivity index is 2.14. The maximum absolute atomic E-state index is 6.18.